The van der Waals surface area contributed by atoms with Crippen LogP contribution < -0.4 is 15.2 Å². The Hall–Kier alpha value is -3.33. The summed E-state index contributed by atoms with van der Waals surface area (Å²) in [6.45, 7) is 0.496. The highest BCUT2D eigenvalue weighted by molar-refractivity contribution is 7.99. The molecule has 2 aliphatic heterocycles. The fourth-order valence-corrected chi connectivity index (χ4v) is 3.94. The molecule has 2 heterocycles. The van der Waals surface area contributed by atoms with E-state index >= 15 is 0 Å². The zero-order valence-corrected chi connectivity index (χ0v) is 17.3. The van der Waals surface area contributed by atoms with Crippen molar-refractivity contribution in [1.29, 1.82) is 0 Å². The third-order valence-electron chi connectivity index (χ3n) is 4.62. The molecule has 0 amide bonds. The molecule has 0 radical (unpaired) electrons. The van der Waals surface area contributed by atoms with Gasteiger partial charge >= 0.3 is 0 Å². The van der Waals surface area contributed by atoms with Gasteiger partial charge in [0.25, 0.3) is 0 Å². The van der Waals surface area contributed by atoms with Crippen LogP contribution in [0.2, 0.25) is 0 Å². The van der Waals surface area contributed by atoms with Crippen molar-refractivity contribution in [2.75, 3.05) is 20.0 Å². The van der Waals surface area contributed by atoms with Crippen molar-refractivity contribution in [2.45, 2.75) is 23.0 Å². The first-order valence-electron chi connectivity index (χ1n) is 9.20. The second kappa shape index (κ2) is 8.58. The third kappa shape index (κ3) is 4.02. The second-order valence-electron chi connectivity index (χ2n) is 6.46. The van der Waals surface area contributed by atoms with Crippen LogP contribution in [-0.2, 0) is 13.0 Å². The Labute approximate surface area is 177 Å². The number of rotatable bonds is 7. The Morgan fingerprint density at radius 3 is 2.70 bits per heavy atom. The van der Waals surface area contributed by atoms with E-state index in [-0.39, 0.29) is 5.82 Å². The highest BCUT2D eigenvalue weighted by Gasteiger charge is 2.20. The number of hydrogen-bond acceptors (Lipinski definition) is 7. The molecular weight excluding hydrogens is 405 g/mol. The van der Waals surface area contributed by atoms with E-state index in [0.29, 0.717) is 52.5 Å². The molecule has 2 aromatic rings. The topological polar surface area (TPSA) is 88.1 Å². The molecule has 0 unspecified atom stereocenters. The number of ether oxygens (including phenoxy) is 2. The summed E-state index contributed by atoms with van der Waals surface area (Å²) in [5.41, 5.74) is 7.16. The number of anilines is 1. The number of benzene rings is 2. The number of nitrogen functional groups attached to an aromatic ring is 1. The number of hydrogen-bond donors (Lipinski definition) is 1. The molecule has 2 aromatic carbocycles. The summed E-state index contributed by atoms with van der Waals surface area (Å²) in [5, 5.41) is 0.510. The molecule has 7 nitrogen and oxygen atoms in total. The Kier molecular flexibility index (Phi) is 5.71. The number of methoxy groups -OCH3 is 2. The first-order valence-corrected chi connectivity index (χ1v) is 10.0. The maximum absolute atomic E-state index is 14.0. The van der Waals surface area contributed by atoms with Gasteiger partial charge in [0, 0.05) is 6.54 Å². The van der Waals surface area contributed by atoms with Crippen LogP contribution in [0.3, 0.4) is 0 Å². The smallest absolute Gasteiger partial charge is 0.195 e. The van der Waals surface area contributed by atoms with E-state index in [1.807, 2.05) is 28.8 Å². The van der Waals surface area contributed by atoms with E-state index < -0.39 is 0 Å². The summed E-state index contributed by atoms with van der Waals surface area (Å²) in [7, 11) is 3.21. The van der Waals surface area contributed by atoms with Crippen LogP contribution in [0.5, 0.6) is 11.5 Å². The number of imidazole rings is 1. The summed E-state index contributed by atoms with van der Waals surface area (Å²) >= 11 is 1.34. The molecule has 154 valence electrons. The summed E-state index contributed by atoms with van der Waals surface area (Å²) < 4.78 is 26.5. The molecule has 30 heavy (non-hydrogen) atoms. The van der Waals surface area contributed by atoms with Crippen molar-refractivity contribution in [3.8, 4) is 23.0 Å². The predicted octanol–water partition coefficient (Wildman–Crippen LogP) is 3.91. The van der Waals surface area contributed by atoms with Crippen LogP contribution in [0.15, 0.2) is 58.8 Å². The van der Waals surface area contributed by atoms with Gasteiger partial charge in [0.1, 0.15) is 17.3 Å². The maximum atomic E-state index is 14.0. The predicted molar refractivity (Wildman–Crippen MR) is 113 cm³/mol. The lowest BCUT2D eigenvalue weighted by Gasteiger charge is -2.11. The number of halogens is 1. The van der Waals surface area contributed by atoms with E-state index in [9.17, 15) is 4.39 Å². The Morgan fingerprint density at radius 2 is 1.93 bits per heavy atom. The first kappa shape index (κ1) is 20.0. The molecule has 0 spiro atoms. The fourth-order valence-electron chi connectivity index (χ4n) is 3.05. The molecule has 2 N–H and O–H groups in total. The van der Waals surface area contributed by atoms with Crippen molar-refractivity contribution >= 4 is 17.6 Å². The monoisotopic (exact) mass is 425 g/mol. The van der Waals surface area contributed by atoms with Gasteiger partial charge in [-0.25, -0.2) is 19.3 Å². The maximum Gasteiger partial charge on any atom is 0.195 e. The van der Waals surface area contributed by atoms with Crippen molar-refractivity contribution in [3.63, 3.8) is 0 Å². The molecular formula is C21H20FN5O2S. The summed E-state index contributed by atoms with van der Waals surface area (Å²) in [4.78, 5) is 14.2. The minimum atomic E-state index is -0.229. The first-order chi connectivity index (χ1) is 14.6. The zero-order chi connectivity index (χ0) is 21.1. The van der Waals surface area contributed by atoms with Crippen molar-refractivity contribution in [1.82, 2.24) is 19.5 Å². The van der Waals surface area contributed by atoms with Gasteiger partial charge in [-0.1, -0.05) is 18.2 Å². The molecule has 0 bridgehead atoms. The fraction of sp³-hybridized carbons (Fsp3) is 0.190. The molecule has 4 rings (SSSR count). The van der Waals surface area contributed by atoms with Gasteiger partial charge in [0.15, 0.2) is 22.5 Å². The number of aryl methyl sites for hydroxylation is 2. The van der Waals surface area contributed by atoms with Crippen LogP contribution in [0.1, 0.15) is 5.56 Å². The van der Waals surface area contributed by atoms with Crippen LogP contribution in [0, 0.1) is 5.82 Å². The number of nitrogens with two attached hydrogens (primary N) is 1. The van der Waals surface area contributed by atoms with E-state index in [1.54, 1.807) is 32.7 Å². The highest BCUT2D eigenvalue weighted by atomic mass is 32.2. The normalized spacial score (nSPS) is 11.0. The molecule has 0 aliphatic carbocycles. The van der Waals surface area contributed by atoms with Crippen LogP contribution in [-0.4, -0.2) is 33.7 Å². The molecule has 0 fully saturated rings. The standard InChI is InChI=1S/C21H20FN5O2S/c1-28-14-7-8-16(29-2)17(11-14)30-21-25-18-19(23)24-12-27(20(18)26-21)10-9-13-5-3-4-6-15(13)22/h3-8,11-12H,9-10,23H2,1-2H3. The molecule has 9 heteroatoms. The minimum Gasteiger partial charge on any atom is -0.497 e. The third-order valence-corrected chi connectivity index (χ3v) is 5.53. The van der Waals surface area contributed by atoms with Gasteiger partial charge in [-0.3, -0.25) is 0 Å². The summed E-state index contributed by atoms with van der Waals surface area (Å²) in [6.07, 6.45) is 2.10. The van der Waals surface area contributed by atoms with Gasteiger partial charge in [0.2, 0.25) is 0 Å². The highest BCUT2D eigenvalue weighted by Crippen LogP contribution is 2.38. The van der Waals surface area contributed by atoms with Crippen molar-refractivity contribution in [2.24, 2.45) is 0 Å². The summed E-state index contributed by atoms with van der Waals surface area (Å²) in [6, 6.07) is 12.2. The average molecular weight is 425 g/mol. The molecule has 0 aromatic heterocycles. The molecule has 0 saturated heterocycles. The van der Waals surface area contributed by atoms with E-state index in [1.165, 1.54) is 17.8 Å². The Morgan fingerprint density at radius 1 is 1.10 bits per heavy atom. The van der Waals surface area contributed by atoms with Gasteiger partial charge in [-0.05, 0) is 48.0 Å². The van der Waals surface area contributed by atoms with Crippen LogP contribution >= 0.6 is 11.8 Å². The zero-order valence-electron chi connectivity index (χ0n) is 16.5. The Balaban J connectivity index is 1.64. The van der Waals surface area contributed by atoms with E-state index in [4.69, 9.17) is 15.2 Å². The molecule has 0 atom stereocenters. The Bertz CT molecular complexity index is 1150. The average Bonchev–Trinajstić information content (AvgIpc) is 3.19. The number of fused-ring (bicyclic) bond motifs is 1. The van der Waals surface area contributed by atoms with Gasteiger partial charge in [-0.2, -0.15) is 0 Å². The van der Waals surface area contributed by atoms with Crippen LogP contribution in [0.4, 0.5) is 10.2 Å². The lowest BCUT2D eigenvalue weighted by Crippen LogP contribution is -2.10. The SMILES string of the molecule is COc1ccc(OC)c(Sc2nc3c(N)ncn(CCc4ccccc4F)c-3n2)c1. The van der Waals surface area contributed by atoms with E-state index in [2.05, 4.69) is 15.0 Å². The van der Waals surface area contributed by atoms with Gasteiger partial charge in [0.05, 0.1) is 25.4 Å². The van der Waals surface area contributed by atoms with Crippen molar-refractivity contribution < 1.29 is 13.9 Å². The largest absolute Gasteiger partial charge is 0.497 e. The number of nitrogens with zero attached hydrogens (tertiary/aromatic N) is 4. The molecule has 0 saturated carbocycles. The van der Waals surface area contributed by atoms with Crippen LogP contribution in [0.25, 0.3) is 11.5 Å². The molecule has 2 aliphatic rings. The lowest BCUT2D eigenvalue weighted by atomic mass is 10.1. The summed E-state index contributed by atoms with van der Waals surface area (Å²) in [5.74, 6) is 2.06. The lowest BCUT2D eigenvalue weighted by molar-refractivity contribution is 0.394. The quantitative estimate of drug-likeness (QED) is 0.480. The number of aromatic nitrogens is 4. The van der Waals surface area contributed by atoms with E-state index in [0.717, 1.165) is 4.90 Å². The van der Waals surface area contributed by atoms with Gasteiger partial charge in [-0.15, -0.1) is 0 Å². The van der Waals surface area contributed by atoms with Gasteiger partial charge < -0.3 is 19.8 Å². The second-order valence-corrected chi connectivity index (χ2v) is 7.47. The van der Waals surface area contributed by atoms with Crippen molar-refractivity contribution in [3.05, 3.63) is 60.2 Å². The minimum absolute atomic E-state index is 0.229.